The number of rotatable bonds is 40. The highest BCUT2D eigenvalue weighted by atomic mass is 16.7. The van der Waals surface area contributed by atoms with Gasteiger partial charge in [0.15, 0.2) is 12.6 Å². The van der Waals surface area contributed by atoms with Crippen LogP contribution in [-0.2, 0) is 23.7 Å². The Kier molecular flexibility index (Phi) is 35.6. The van der Waals surface area contributed by atoms with Crippen molar-refractivity contribution in [3.8, 4) is 0 Å². The fourth-order valence-corrected chi connectivity index (χ4v) is 8.54. The van der Waals surface area contributed by atoms with Crippen LogP contribution in [0.2, 0.25) is 0 Å². The van der Waals surface area contributed by atoms with Crippen LogP contribution in [0.5, 0.6) is 0 Å². The van der Waals surface area contributed by atoms with E-state index in [1.165, 1.54) is 83.5 Å². The predicted molar refractivity (Wildman–Crippen MR) is 258 cm³/mol. The summed E-state index contributed by atoms with van der Waals surface area (Å²) in [6, 6.07) is -0.834. The van der Waals surface area contributed by atoms with Gasteiger partial charge in [0.25, 0.3) is 0 Å². The van der Waals surface area contributed by atoms with E-state index in [9.17, 15) is 45.6 Å². The molecule has 14 nitrogen and oxygen atoms in total. The number of hydrogen-bond donors (Lipinski definition) is 9. The summed E-state index contributed by atoms with van der Waals surface area (Å²) in [6.45, 7) is 2.80. The molecule has 386 valence electrons. The molecule has 12 unspecified atom stereocenters. The average molecular weight is 942 g/mol. The number of ether oxygens (including phenoxy) is 4. The fourth-order valence-electron chi connectivity index (χ4n) is 8.54. The Morgan fingerprint density at radius 2 is 1.00 bits per heavy atom. The largest absolute Gasteiger partial charge is 0.394 e. The SMILES string of the molecule is CCCCC/C=C\C/C=C\C/C=C\CCCCCCCCC(=O)NC(COC1OC(CO)C(OC2OC(CO)C(O)C(O)C2O)C(O)C1O)C(O)CCCCCCCCCCCCCCC. The van der Waals surface area contributed by atoms with Gasteiger partial charge in [-0.05, 0) is 51.4 Å². The summed E-state index contributed by atoms with van der Waals surface area (Å²) in [6.07, 6.45) is 27.1. The molecular weight excluding hydrogens is 847 g/mol. The van der Waals surface area contributed by atoms with E-state index >= 15 is 0 Å². The van der Waals surface area contributed by atoms with Crippen molar-refractivity contribution in [2.24, 2.45) is 0 Å². The number of unbranched alkanes of at least 4 members (excludes halogenated alkanes) is 21. The van der Waals surface area contributed by atoms with Crippen molar-refractivity contribution in [1.29, 1.82) is 0 Å². The minimum Gasteiger partial charge on any atom is -0.394 e. The Morgan fingerprint density at radius 3 is 1.56 bits per heavy atom. The van der Waals surface area contributed by atoms with E-state index in [4.69, 9.17) is 18.9 Å². The second-order valence-electron chi connectivity index (χ2n) is 18.7. The zero-order valence-corrected chi connectivity index (χ0v) is 40.9. The standard InChI is InChI=1S/C52H95NO13/c1-3-5-7-9-11-13-15-17-18-19-20-21-22-24-26-28-30-32-34-36-44(57)53-40(41(56)35-33-31-29-27-25-23-16-14-12-10-8-6-4-2)39-63-51-49(62)47(60)50(43(38-55)65-51)66-52-48(61)46(59)45(58)42(37-54)64-52/h11,13,17-18,20-21,40-43,45-52,54-56,58-62H,3-10,12,14-16,19,22-39H2,1-2H3,(H,53,57)/b13-11-,18-17-,21-20-. The molecule has 2 heterocycles. The first-order chi connectivity index (χ1) is 32.1. The molecule has 14 heteroatoms. The zero-order chi connectivity index (χ0) is 48.2. The van der Waals surface area contributed by atoms with Gasteiger partial charge in [0, 0.05) is 6.42 Å². The van der Waals surface area contributed by atoms with Crippen molar-refractivity contribution in [1.82, 2.24) is 5.32 Å². The predicted octanol–water partition coefficient (Wildman–Crippen LogP) is 7.10. The molecular formula is C52H95NO13. The lowest BCUT2D eigenvalue weighted by Gasteiger charge is -2.46. The highest BCUT2D eigenvalue weighted by molar-refractivity contribution is 5.76. The Balaban J connectivity index is 1.82. The first kappa shape index (κ1) is 60.3. The molecule has 0 aromatic heterocycles. The Bertz CT molecular complexity index is 1250. The van der Waals surface area contributed by atoms with Crippen molar-refractivity contribution in [3.63, 3.8) is 0 Å². The smallest absolute Gasteiger partial charge is 0.220 e. The van der Waals surface area contributed by atoms with Gasteiger partial charge in [0.2, 0.25) is 5.91 Å². The van der Waals surface area contributed by atoms with Crippen LogP contribution < -0.4 is 5.32 Å². The second-order valence-corrected chi connectivity index (χ2v) is 18.7. The van der Waals surface area contributed by atoms with Crippen LogP contribution in [0.4, 0.5) is 0 Å². The van der Waals surface area contributed by atoms with Gasteiger partial charge in [-0.15, -0.1) is 0 Å². The molecule has 1 amide bonds. The minimum atomic E-state index is -1.78. The number of aliphatic hydroxyl groups excluding tert-OH is 8. The van der Waals surface area contributed by atoms with Crippen molar-refractivity contribution >= 4 is 5.91 Å². The van der Waals surface area contributed by atoms with E-state index in [0.717, 1.165) is 77.0 Å². The fraction of sp³-hybridized carbons (Fsp3) is 0.865. The second kappa shape index (κ2) is 39.0. The van der Waals surface area contributed by atoms with E-state index < -0.39 is 86.8 Å². The number of allylic oxidation sites excluding steroid dienone is 6. The lowest BCUT2D eigenvalue weighted by Crippen LogP contribution is -2.65. The highest BCUT2D eigenvalue weighted by Gasteiger charge is 2.51. The van der Waals surface area contributed by atoms with Gasteiger partial charge >= 0.3 is 0 Å². The summed E-state index contributed by atoms with van der Waals surface area (Å²) < 4.78 is 22.7. The summed E-state index contributed by atoms with van der Waals surface area (Å²) in [5.74, 6) is -0.221. The van der Waals surface area contributed by atoms with Crippen LogP contribution in [0.1, 0.15) is 194 Å². The zero-order valence-electron chi connectivity index (χ0n) is 40.9. The lowest BCUT2D eigenvalue weighted by atomic mass is 9.97. The van der Waals surface area contributed by atoms with Gasteiger partial charge in [-0.1, -0.05) is 172 Å². The average Bonchev–Trinajstić information content (AvgIpc) is 3.31. The van der Waals surface area contributed by atoms with Crippen LogP contribution in [0.3, 0.4) is 0 Å². The van der Waals surface area contributed by atoms with Gasteiger partial charge in [-0.3, -0.25) is 4.79 Å². The Labute approximate surface area is 398 Å². The van der Waals surface area contributed by atoms with Crippen molar-refractivity contribution < 1.29 is 64.6 Å². The molecule has 0 aromatic carbocycles. The molecule has 2 saturated heterocycles. The molecule has 0 aliphatic carbocycles. The van der Waals surface area contributed by atoms with E-state index in [-0.39, 0.29) is 18.9 Å². The quantitative estimate of drug-likeness (QED) is 0.0221. The Morgan fingerprint density at radius 1 is 0.545 bits per heavy atom. The van der Waals surface area contributed by atoms with Crippen LogP contribution >= 0.6 is 0 Å². The first-order valence-corrected chi connectivity index (χ1v) is 26.2. The molecule has 2 fully saturated rings. The summed E-state index contributed by atoms with van der Waals surface area (Å²) in [5.41, 5.74) is 0. The van der Waals surface area contributed by atoms with Gasteiger partial charge < -0.3 is 65.1 Å². The monoisotopic (exact) mass is 942 g/mol. The molecule has 0 radical (unpaired) electrons. The summed E-state index contributed by atoms with van der Waals surface area (Å²) in [7, 11) is 0. The maximum atomic E-state index is 13.2. The third-order valence-electron chi connectivity index (χ3n) is 12.9. The summed E-state index contributed by atoms with van der Waals surface area (Å²) in [4.78, 5) is 13.2. The van der Waals surface area contributed by atoms with Crippen LogP contribution in [0.15, 0.2) is 36.5 Å². The molecule has 2 rings (SSSR count). The molecule has 12 atom stereocenters. The van der Waals surface area contributed by atoms with Crippen molar-refractivity contribution in [2.75, 3.05) is 19.8 Å². The molecule has 2 aliphatic rings. The summed E-state index contributed by atoms with van der Waals surface area (Å²) >= 11 is 0. The maximum absolute atomic E-state index is 13.2. The highest BCUT2D eigenvalue weighted by Crippen LogP contribution is 2.30. The van der Waals surface area contributed by atoms with Crippen LogP contribution in [0.25, 0.3) is 0 Å². The van der Waals surface area contributed by atoms with Crippen LogP contribution in [-0.4, -0.2) is 140 Å². The molecule has 0 bridgehead atoms. The molecule has 0 aromatic rings. The van der Waals surface area contributed by atoms with E-state index in [1.54, 1.807) is 0 Å². The van der Waals surface area contributed by atoms with E-state index in [1.807, 2.05) is 0 Å². The number of nitrogens with one attached hydrogen (secondary N) is 1. The van der Waals surface area contributed by atoms with Gasteiger partial charge in [0.05, 0.1) is 32.0 Å². The van der Waals surface area contributed by atoms with Crippen molar-refractivity contribution in [2.45, 2.75) is 267 Å². The third-order valence-corrected chi connectivity index (χ3v) is 12.9. The Hall–Kier alpha value is -1.79. The summed E-state index contributed by atoms with van der Waals surface area (Å²) in [5, 5.41) is 86.9. The maximum Gasteiger partial charge on any atom is 0.220 e. The van der Waals surface area contributed by atoms with E-state index in [0.29, 0.717) is 12.8 Å². The molecule has 2 aliphatic heterocycles. The first-order valence-electron chi connectivity index (χ1n) is 26.2. The van der Waals surface area contributed by atoms with E-state index in [2.05, 4.69) is 55.6 Å². The van der Waals surface area contributed by atoms with Crippen LogP contribution in [0, 0.1) is 0 Å². The topological polar surface area (TPSA) is 228 Å². The molecule has 9 N–H and O–H groups in total. The van der Waals surface area contributed by atoms with Gasteiger partial charge in [0.1, 0.15) is 48.8 Å². The molecule has 66 heavy (non-hydrogen) atoms. The molecule has 0 saturated carbocycles. The third kappa shape index (κ3) is 25.7. The number of amides is 1. The number of hydrogen-bond acceptors (Lipinski definition) is 13. The normalized spacial score (nSPS) is 27.1. The van der Waals surface area contributed by atoms with Gasteiger partial charge in [-0.2, -0.15) is 0 Å². The number of carbonyl (C=O) groups excluding carboxylic acids is 1. The number of carbonyl (C=O) groups is 1. The minimum absolute atomic E-state index is 0.221. The molecule has 0 spiro atoms. The lowest BCUT2D eigenvalue weighted by molar-refractivity contribution is -0.359. The number of aliphatic hydroxyl groups is 8. The van der Waals surface area contributed by atoms with Gasteiger partial charge in [-0.25, -0.2) is 0 Å². The van der Waals surface area contributed by atoms with Crippen molar-refractivity contribution in [3.05, 3.63) is 36.5 Å².